The Morgan fingerprint density at radius 2 is 2.00 bits per heavy atom. The van der Waals surface area contributed by atoms with Crippen LogP contribution in [0.25, 0.3) is 11.5 Å². The van der Waals surface area contributed by atoms with Crippen molar-refractivity contribution in [2.45, 2.75) is 20.0 Å². The predicted octanol–water partition coefficient (Wildman–Crippen LogP) is 2.86. The lowest BCUT2D eigenvalue weighted by molar-refractivity contribution is -0.384. The fourth-order valence-corrected chi connectivity index (χ4v) is 1.97. The summed E-state index contributed by atoms with van der Waals surface area (Å²) in [7, 11) is 0. The van der Waals surface area contributed by atoms with E-state index >= 15 is 0 Å². The van der Waals surface area contributed by atoms with Crippen molar-refractivity contribution in [3.05, 3.63) is 57.8 Å². The summed E-state index contributed by atoms with van der Waals surface area (Å²) in [5.41, 5.74) is 1.01. The van der Waals surface area contributed by atoms with Crippen molar-refractivity contribution in [3.8, 4) is 11.5 Å². The Kier molecular flexibility index (Phi) is 4.25. The number of non-ortho nitro benzene ring substituents is 1. The lowest BCUT2D eigenvalue weighted by Crippen LogP contribution is -2.08. The number of hydrogen-bond donors (Lipinski definition) is 0. The van der Waals surface area contributed by atoms with Crippen molar-refractivity contribution in [3.63, 3.8) is 0 Å². The Bertz CT molecular complexity index is 914. The third-order valence-electron chi connectivity index (χ3n) is 3.23. The van der Waals surface area contributed by atoms with Gasteiger partial charge in [0.15, 0.2) is 6.10 Å². The minimum Gasteiger partial charge on any atom is -0.447 e. The number of carbonyl (C=O) groups is 1. The molecule has 0 radical (unpaired) electrons. The molecule has 0 aliphatic rings. The molecule has 0 saturated carbocycles. The molecule has 25 heavy (non-hydrogen) atoms. The second-order valence-electron chi connectivity index (χ2n) is 5.13. The third kappa shape index (κ3) is 3.52. The van der Waals surface area contributed by atoms with Gasteiger partial charge in [0.05, 0.1) is 10.6 Å². The lowest BCUT2D eigenvalue weighted by Gasteiger charge is -2.06. The molecule has 128 valence electrons. The summed E-state index contributed by atoms with van der Waals surface area (Å²) in [5, 5.41) is 21.9. The first-order chi connectivity index (χ1) is 11.9. The molecular weight excluding hydrogens is 332 g/mol. The van der Waals surface area contributed by atoms with Crippen LogP contribution in [0, 0.1) is 17.0 Å². The zero-order valence-electron chi connectivity index (χ0n) is 13.2. The van der Waals surface area contributed by atoms with Gasteiger partial charge >= 0.3 is 5.97 Å². The highest BCUT2D eigenvalue weighted by atomic mass is 16.6. The summed E-state index contributed by atoms with van der Waals surface area (Å²) in [5.74, 6) is -0.496. The fourth-order valence-electron chi connectivity index (χ4n) is 1.97. The quantitative estimate of drug-likeness (QED) is 0.389. The molecule has 0 unspecified atom stereocenters. The summed E-state index contributed by atoms with van der Waals surface area (Å²) in [6.07, 6.45) is -0.808. The van der Waals surface area contributed by atoms with Gasteiger partial charge in [-0.25, -0.2) is 4.79 Å². The molecule has 0 bridgehead atoms. The number of ether oxygens (including phenoxy) is 1. The molecule has 3 aromatic rings. The van der Waals surface area contributed by atoms with Crippen LogP contribution in [0.5, 0.6) is 0 Å². The topological polar surface area (TPSA) is 134 Å². The smallest absolute Gasteiger partial charge is 0.377 e. The minimum absolute atomic E-state index is 0.0283. The molecule has 0 saturated heterocycles. The molecule has 3 rings (SSSR count). The number of aromatic nitrogens is 3. The highest BCUT2D eigenvalue weighted by Crippen LogP contribution is 2.24. The highest BCUT2D eigenvalue weighted by Gasteiger charge is 2.22. The van der Waals surface area contributed by atoms with E-state index in [2.05, 4.69) is 15.4 Å². The molecular formula is C15H12N4O6. The Morgan fingerprint density at radius 1 is 1.28 bits per heavy atom. The van der Waals surface area contributed by atoms with Gasteiger partial charge in [0, 0.05) is 23.8 Å². The Balaban J connectivity index is 1.72. The van der Waals surface area contributed by atoms with E-state index in [-0.39, 0.29) is 23.2 Å². The molecule has 2 aromatic heterocycles. The Morgan fingerprint density at radius 3 is 2.60 bits per heavy atom. The van der Waals surface area contributed by atoms with Crippen molar-refractivity contribution >= 4 is 11.7 Å². The number of rotatable bonds is 5. The summed E-state index contributed by atoms with van der Waals surface area (Å²) in [6.45, 7) is 3.24. The van der Waals surface area contributed by atoms with Crippen LogP contribution in [-0.4, -0.2) is 26.2 Å². The van der Waals surface area contributed by atoms with Gasteiger partial charge in [0.2, 0.25) is 11.7 Å². The average Bonchev–Trinajstić information content (AvgIpc) is 3.24. The maximum absolute atomic E-state index is 11.9. The number of nitro benzene ring substituents is 1. The van der Waals surface area contributed by atoms with Crippen molar-refractivity contribution < 1.29 is 23.4 Å². The third-order valence-corrected chi connectivity index (χ3v) is 3.23. The average molecular weight is 344 g/mol. The van der Waals surface area contributed by atoms with E-state index in [4.69, 9.17) is 13.7 Å². The molecule has 1 aromatic carbocycles. The summed E-state index contributed by atoms with van der Waals surface area (Å²) >= 11 is 0. The molecule has 0 N–H and O–H groups in total. The van der Waals surface area contributed by atoms with Crippen LogP contribution in [-0.2, 0) is 4.74 Å². The molecule has 1 atom stereocenters. The van der Waals surface area contributed by atoms with Crippen LogP contribution in [0.4, 0.5) is 5.69 Å². The van der Waals surface area contributed by atoms with Gasteiger partial charge < -0.3 is 13.7 Å². The monoisotopic (exact) mass is 344 g/mol. The first kappa shape index (κ1) is 16.3. The van der Waals surface area contributed by atoms with Crippen LogP contribution < -0.4 is 0 Å². The van der Waals surface area contributed by atoms with E-state index in [1.165, 1.54) is 30.3 Å². The second-order valence-corrected chi connectivity index (χ2v) is 5.13. The largest absolute Gasteiger partial charge is 0.447 e. The number of nitrogens with zero attached hydrogens (tertiary/aromatic N) is 4. The molecule has 2 heterocycles. The number of aryl methyl sites for hydroxylation is 1. The maximum Gasteiger partial charge on any atom is 0.377 e. The van der Waals surface area contributed by atoms with Crippen molar-refractivity contribution in [1.82, 2.24) is 15.4 Å². The number of hydrogen-bond acceptors (Lipinski definition) is 9. The van der Waals surface area contributed by atoms with Gasteiger partial charge in [-0.3, -0.25) is 10.1 Å². The van der Waals surface area contributed by atoms with E-state index in [0.717, 1.165) is 0 Å². The molecule has 0 amide bonds. The van der Waals surface area contributed by atoms with Crippen LogP contribution in [0.15, 0.2) is 39.3 Å². The van der Waals surface area contributed by atoms with E-state index in [1.807, 2.05) is 0 Å². The van der Waals surface area contributed by atoms with Crippen LogP contribution >= 0.6 is 0 Å². The normalized spacial score (nSPS) is 11.9. The minimum atomic E-state index is -0.808. The molecule has 0 aliphatic heterocycles. The molecule has 0 aliphatic carbocycles. The molecule has 0 spiro atoms. The van der Waals surface area contributed by atoms with Crippen LogP contribution in [0.3, 0.4) is 0 Å². The number of carbonyl (C=O) groups excluding carboxylic acids is 1. The van der Waals surface area contributed by atoms with E-state index < -0.39 is 17.0 Å². The Labute approximate surface area is 140 Å². The number of nitro groups is 1. The van der Waals surface area contributed by atoms with Gasteiger partial charge in [-0.05, 0) is 26.0 Å². The second kappa shape index (κ2) is 6.51. The lowest BCUT2D eigenvalue weighted by atomic mass is 10.2. The molecule has 10 heteroatoms. The van der Waals surface area contributed by atoms with E-state index in [1.54, 1.807) is 13.8 Å². The summed E-state index contributed by atoms with van der Waals surface area (Å²) in [4.78, 5) is 22.1. The van der Waals surface area contributed by atoms with Crippen molar-refractivity contribution in [1.29, 1.82) is 0 Å². The van der Waals surface area contributed by atoms with Gasteiger partial charge in [-0.2, -0.15) is 0 Å². The maximum atomic E-state index is 11.9. The van der Waals surface area contributed by atoms with Gasteiger partial charge in [-0.1, -0.05) is 5.16 Å². The van der Waals surface area contributed by atoms with Crippen LogP contribution in [0.2, 0.25) is 0 Å². The van der Waals surface area contributed by atoms with Crippen LogP contribution in [0.1, 0.15) is 35.2 Å². The van der Waals surface area contributed by atoms with Crippen molar-refractivity contribution in [2.24, 2.45) is 0 Å². The Hall–Kier alpha value is -3.56. The fraction of sp³-hybridized carbons (Fsp3) is 0.200. The SMILES string of the molecule is Cc1cc(C(=O)O[C@@H](C)c2nnc(-c3ccc([N+](=O)[O-])cc3)o2)on1. The van der Waals surface area contributed by atoms with E-state index in [9.17, 15) is 14.9 Å². The van der Waals surface area contributed by atoms with E-state index in [0.29, 0.717) is 11.3 Å². The summed E-state index contributed by atoms with van der Waals surface area (Å²) < 4.78 is 15.5. The standard InChI is InChI=1S/C15H12N4O6/c1-8-7-12(25-18-8)15(20)23-9(2)13-16-17-14(24-13)10-3-5-11(6-4-10)19(21)22/h3-7,9H,1-2H3/t9-/m0/s1. The summed E-state index contributed by atoms with van der Waals surface area (Å²) in [6, 6.07) is 7.09. The van der Waals surface area contributed by atoms with Crippen molar-refractivity contribution in [2.75, 3.05) is 0 Å². The molecule has 10 nitrogen and oxygen atoms in total. The van der Waals surface area contributed by atoms with Gasteiger partial charge in [0.25, 0.3) is 11.6 Å². The number of benzene rings is 1. The predicted molar refractivity (Wildman–Crippen MR) is 81.5 cm³/mol. The number of esters is 1. The first-order valence-electron chi connectivity index (χ1n) is 7.16. The molecule has 0 fully saturated rings. The first-order valence-corrected chi connectivity index (χ1v) is 7.16. The zero-order chi connectivity index (χ0) is 18.0. The highest BCUT2D eigenvalue weighted by molar-refractivity contribution is 5.86. The van der Waals surface area contributed by atoms with Gasteiger partial charge in [0.1, 0.15) is 0 Å². The van der Waals surface area contributed by atoms with Gasteiger partial charge in [-0.15, -0.1) is 10.2 Å². The zero-order valence-corrected chi connectivity index (χ0v) is 13.2.